The molecule has 0 aliphatic rings. The molecular weight excluding hydrogens is 633 g/mol. The van der Waals surface area contributed by atoms with Crippen LogP contribution in [0.2, 0.25) is 0 Å². The van der Waals surface area contributed by atoms with Gasteiger partial charge < -0.3 is 0 Å². The lowest BCUT2D eigenvalue weighted by Gasteiger charge is -2.12. The van der Waals surface area contributed by atoms with Crippen LogP contribution in [0.25, 0.3) is 99.8 Å². The van der Waals surface area contributed by atoms with E-state index in [0.29, 0.717) is 0 Å². The van der Waals surface area contributed by atoms with Gasteiger partial charge in [0.2, 0.25) is 0 Å². The third-order valence-electron chi connectivity index (χ3n) is 9.85. The average molecular weight is 663 g/mol. The number of rotatable bonds is 5. The molecule has 0 amide bonds. The van der Waals surface area contributed by atoms with Crippen molar-refractivity contribution in [2.24, 2.45) is 0 Å². The predicted octanol–water partition coefficient (Wildman–Crippen LogP) is 12.2. The molecule has 10 rings (SSSR count). The van der Waals surface area contributed by atoms with E-state index < -0.39 is 0 Å². The molecule has 0 saturated carbocycles. The van der Waals surface area contributed by atoms with Crippen molar-refractivity contribution in [2.75, 3.05) is 0 Å². The molecule has 0 bridgehead atoms. The van der Waals surface area contributed by atoms with Crippen molar-refractivity contribution in [3.05, 3.63) is 182 Å². The highest BCUT2D eigenvalue weighted by molar-refractivity contribution is 6.04. The standard InChI is InChI=1S/C48H30N4/c1-2-11-34(12-3-1)45-48(52-44-19-7-6-18-43(44)51-45)38-15-8-14-37(30-38)42-29-27-36-25-24-35-26-28-41(49-46(35)47(36)50-42)33-22-20-32(21-23-33)40-17-9-13-31-10-4-5-16-39(31)40/h1-30H. The minimum Gasteiger partial charge on any atom is -0.245 e. The summed E-state index contributed by atoms with van der Waals surface area (Å²) >= 11 is 0. The van der Waals surface area contributed by atoms with Crippen molar-refractivity contribution < 1.29 is 0 Å². The Labute approximate surface area is 300 Å². The van der Waals surface area contributed by atoms with Gasteiger partial charge in [0.25, 0.3) is 0 Å². The number of hydrogen-bond donors (Lipinski definition) is 0. The average Bonchev–Trinajstić information content (AvgIpc) is 3.23. The molecule has 0 fully saturated rings. The minimum atomic E-state index is 0.843. The van der Waals surface area contributed by atoms with Gasteiger partial charge in [-0.2, -0.15) is 0 Å². The molecule has 4 nitrogen and oxygen atoms in total. The van der Waals surface area contributed by atoms with Gasteiger partial charge in [0, 0.05) is 33.0 Å². The molecule has 0 saturated heterocycles. The van der Waals surface area contributed by atoms with Gasteiger partial charge in [-0.3, -0.25) is 0 Å². The number of nitrogens with zero attached hydrogens (tertiary/aromatic N) is 4. The molecule has 4 heteroatoms. The SMILES string of the molecule is c1ccc(-c2nc3ccccc3nc2-c2cccc(-c3ccc4ccc5ccc(-c6ccc(-c7cccc8ccccc78)cc6)nc5c4n3)c2)cc1. The topological polar surface area (TPSA) is 51.6 Å². The normalized spacial score (nSPS) is 11.5. The Morgan fingerprint density at radius 3 is 1.54 bits per heavy atom. The Bertz CT molecular complexity index is 2950. The fourth-order valence-electron chi connectivity index (χ4n) is 7.21. The lowest BCUT2D eigenvalue weighted by molar-refractivity contribution is 1.29. The smallest absolute Gasteiger partial charge is 0.0973 e. The van der Waals surface area contributed by atoms with Gasteiger partial charge in [-0.05, 0) is 52.2 Å². The third kappa shape index (κ3) is 5.26. The molecule has 7 aromatic carbocycles. The molecular formula is C48H30N4. The van der Waals surface area contributed by atoms with Crippen molar-refractivity contribution >= 4 is 43.6 Å². The maximum atomic E-state index is 5.26. The van der Waals surface area contributed by atoms with Crippen molar-refractivity contribution in [1.82, 2.24) is 19.9 Å². The van der Waals surface area contributed by atoms with Crippen molar-refractivity contribution in [1.29, 1.82) is 0 Å². The zero-order valence-corrected chi connectivity index (χ0v) is 28.1. The maximum Gasteiger partial charge on any atom is 0.0973 e. The predicted molar refractivity (Wildman–Crippen MR) is 215 cm³/mol. The first kappa shape index (κ1) is 29.8. The van der Waals surface area contributed by atoms with Crippen molar-refractivity contribution in [3.8, 4) is 56.2 Å². The van der Waals surface area contributed by atoms with E-state index in [1.165, 1.54) is 21.9 Å². The van der Waals surface area contributed by atoms with Crippen LogP contribution in [0.3, 0.4) is 0 Å². The number of aromatic nitrogens is 4. The van der Waals surface area contributed by atoms with E-state index in [1.807, 2.05) is 42.5 Å². The van der Waals surface area contributed by atoms with Crippen LogP contribution in [0.15, 0.2) is 182 Å². The lowest BCUT2D eigenvalue weighted by atomic mass is 9.97. The molecule has 10 aromatic rings. The molecule has 242 valence electrons. The summed E-state index contributed by atoms with van der Waals surface area (Å²) in [5, 5.41) is 4.60. The summed E-state index contributed by atoms with van der Waals surface area (Å²) in [5.74, 6) is 0. The van der Waals surface area contributed by atoms with Crippen LogP contribution in [0.5, 0.6) is 0 Å². The second kappa shape index (κ2) is 12.4. The Morgan fingerprint density at radius 2 is 0.808 bits per heavy atom. The summed E-state index contributed by atoms with van der Waals surface area (Å²) in [7, 11) is 0. The summed E-state index contributed by atoms with van der Waals surface area (Å²) in [6.07, 6.45) is 0. The molecule has 0 radical (unpaired) electrons. The number of hydrogen-bond acceptors (Lipinski definition) is 4. The Kier molecular flexibility index (Phi) is 7.10. The number of fused-ring (bicyclic) bond motifs is 5. The van der Waals surface area contributed by atoms with Gasteiger partial charge in [0.15, 0.2) is 0 Å². The van der Waals surface area contributed by atoms with Crippen LogP contribution < -0.4 is 0 Å². The van der Waals surface area contributed by atoms with E-state index in [4.69, 9.17) is 19.9 Å². The zero-order valence-electron chi connectivity index (χ0n) is 28.1. The van der Waals surface area contributed by atoms with E-state index in [0.717, 1.165) is 77.9 Å². The van der Waals surface area contributed by atoms with Gasteiger partial charge in [-0.25, -0.2) is 19.9 Å². The molecule has 3 heterocycles. The van der Waals surface area contributed by atoms with Crippen LogP contribution in [0.4, 0.5) is 0 Å². The fourth-order valence-corrected chi connectivity index (χ4v) is 7.21. The van der Waals surface area contributed by atoms with E-state index in [2.05, 4.69) is 140 Å². The molecule has 0 N–H and O–H groups in total. The molecule has 0 atom stereocenters. The lowest BCUT2D eigenvalue weighted by Crippen LogP contribution is -1.96. The second-order valence-corrected chi connectivity index (χ2v) is 13.1. The quantitative estimate of drug-likeness (QED) is 0.172. The monoisotopic (exact) mass is 662 g/mol. The van der Waals surface area contributed by atoms with Crippen LogP contribution in [-0.2, 0) is 0 Å². The van der Waals surface area contributed by atoms with Crippen LogP contribution in [-0.4, -0.2) is 19.9 Å². The van der Waals surface area contributed by atoms with Crippen LogP contribution in [0, 0.1) is 0 Å². The third-order valence-corrected chi connectivity index (χ3v) is 9.85. The molecule has 52 heavy (non-hydrogen) atoms. The summed E-state index contributed by atoms with van der Waals surface area (Å²) < 4.78 is 0. The summed E-state index contributed by atoms with van der Waals surface area (Å²) in [4.78, 5) is 20.7. The molecule has 3 aromatic heterocycles. The Morgan fingerprint density at radius 1 is 0.288 bits per heavy atom. The number of para-hydroxylation sites is 2. The van der Waals surface area contributed by atoms with E-state index in [1.54, 1.807) is 0 Å². The highest BCUT2D eigenvalue weighted by atomic mass is 14.8. The van der Waals surface area contributed by atoms with Gasteiger partial charge in [0.05, 0.1) is 44.8 Å². The van der Waals surface area contributed by atoms with Gasteiger partial charge in [-0.15, -0.1) is 0 Å². The van der Waals surface area contributed by atoms with Gasteiger partial charge >= 0.3 is 0 Å². The second-order valence-electron chi connectivity index (χ2n) is 13.1. The van der Waals surface area contributed by atoms with Crippen LogP contribution >= 0.6 is 0 Å². The highest BCUT2D eigenvalue weighted by Gasteiger charge is 2.15. The van der Waals surface area contributed by atoms with E-state index >= 15 is 0 Å². The summed E-state index contributed by atoms with van der Waals surface area (Å²) in [6.45, 7) is 0. The van der Waals surface area contributed by atoms with E-state index in [9.17, 15) is 0 Å². The first-order valence-electron chi connectivity index (χ1n) is 17.5. The largest absolute Gasteiger partial charge is 0.245 e. The molecule has 0 aliphatic carbocycles. The summed E-state index contributed by atoms with van der Waals surface area (Å²) in [6, 6.07) is 63.2. The minimum absolute atomic E-state index is 0.843. The molecule has 0 unspecified atom stereocenters. The zero-order chi connectivity index (χ0) is 34.4. The number of benzene rings is 7. The van der Waals surface area contributed by atoms with Gasteiger partial charge in [-0.1, -0.05) is 152 Å². The van der Waals surface area contributed by atoms with Crippen molar-refractivity contribution in [3.63, 3.8) is 0 Å². The highest BCUT2D eigenvalue weighted by Crippen LogP contribution is 2.35. The first-order chi connectivity index (χ1) is 25.7. The molecule has 0 aliphatic heterocycles. The maximum absolute atomic E-state index is 5.26. The molecule has 0 spiro atoms. The van der Waals surface area contributed by atoms with Crippen molar-refractivity contribution in [2.45, 2.75) is 0 Å². The van der Waals surface area contributed by atoms with Gasteiger partial charge in [0.1, 0.15) is 0 Å². The first-order valence-corrected chi connectivity index (χ1v) is 17.5. The Hall–Kier alpha value is -7.04. The van der Waals surface area contributed by atoms with E-state index in [-0.39, 0.29) is 0 Å². The Balaban J connectivity index is 1.05. The van der Waals surface area contributed by atoms with Crippen LogP contribution in [0.1, 0.15) is 0 Å². The summed E-state index contributed by atoms with van der Waals surface area (Å²) in [5.41, 5.74) is 13.5. The fraction of sp³-hybridized carbons (Fsp3) is 0. The number of pyridine rings is 2.